The van der Waals surface area contributed by atoms with E-state index in [1.165, 1.54) is 12.1 Å². The monoisotopic (exact) mass is 367 g/mol. The highest BCUT2D eigenvalue weighted by molar-refractivity contribution is 7.98. The largest absolute Gasteiger partial charge is 0.301 e. The number of hydrogen-bond acceptors (Lipinski definition) is 4. The van der Waals surface area contributed by atoms with Gasteiger partial charge in [-0.2, -0.15) is 0 Å². The Morgan fingerprint density at radius 2 is 2.17 bits per heavy atom. The van der Waals surface area contributed by atoms with Crippen LogP contribution in [0.15, 0.2) is 40.9 Å². The molecule has 3 nitrogen and oxygen atoms in total. The summed E-state index contributed by atoms with van der Waals surface area (Å²) in [6.07, 6.45) is 1.00. The molecule has 7 heteroatoms. The molecular weight excluding hydrogens is 353 g/mol. The molecule has 0 spiro atoms. The Kier molecular flexibility index (Phi) is 5.35. The maximum atomic E-state index is 13.1. The molecule has 0 fully saturated rings. The van der Waals surface area contributed by atoms with E-state index in [1.807, 2.05) is 17.5 Å². The molecule has 0 saturated heterocycles. The Labute approximate surface area is 147 Å². The summed E-state index contributed by atoms with van der Waals surface area (Å²) in [6, 6.07) is 8.54. The van der Waals surface area contributed by atoms with Gasteiger partial charge in [-0.05, 0) is 35.6 Å². The molecule has 1 aromatic carbocycles. The van der Waals surface area contributed by atoms with Crippen molar-refractivity contribution in [2.24, 2.45) is 0 Å². The van der Waals surface area contributed by atoms with Gasteiger partial charge in [0, 0.05) is 17.3 Å². The number of thioether (sulfide) groups is 1. The number of halogens is 2. The van der Waals surface area contributed by atoms with Gasteiger partial charge in [-0.1, -0.05) is 42.4 Å². The van der Waals surface area contributed by atoms with Crippen LogP contribution in [0.4, 0.5) is 4.39 Å². The SMILES string of the molecule is CCCn1c(SCc2ccc(F)cc2Cl)nnc1-c1cccs1. The maximum Gasteiger partial charge on any atom is 0.191 e. The van der Waals surface area contributed by atoms with E-state index in [0.29, 0.717) is 10.8 Å². The summed E-state index contributed by atoms with van der Waals surface area (Å²) >= 11 is 9.31. The van der Waals surface area contributed by atoms with E-state index < -0.39 is 0 Å². The topological polar surface area (TPSA) is 30.7 Å². The summed E-state index contributed by atoms with van der Waals surface area (Å²) < 4.78 is 15.3. The van der Waals surface area contributed by atoms with Crippen LogP contribution in [-0.4, -0.2) is 14.8 Å². The second-order valence-electron chi connectivity index (χ2n) is 4.96. The molecule has 2 aromatic heterocycles. The van der Waals surface area contributed by atoms with Gasteiger partial charge in [-0.3, -0.25) is 0 Å². The highest BCUT2D eigenvalue weighted by Gasteiger charge is 2.15. The summed E-state index contributed by atoms with van der Waals surface area (Å²) in [5.74, 6) is 1.21. The fourth-order valence-corrected chi connectivity index (χ4v) is 4.19. The van der Waals surface area contributed by atoms with Gasteiger partial charge in [-0.25, -0.2) is 4.39 Å². The average Bonchev–Trinajstić information content (AvgIpc) is 3.16. The van der Waals surface area contributed by atoms with Crippen LogP contribution in [0.5, 0.6) is 0 Å². The van der Waals surface area contributed by atoms with Crippen molar-refractivity contribution in [2.45, 2.75) is 30.8 Å². The highest BCUT2D eigenvalue weighted by Crippen LogP contribution is 2.30. The lowest BCUT2D eigenvalue weighted by atomic mass is 10.2. The lowest BCUT2D eigenvalue weighted by molar-refractivity contribution is 0.626. The van der Waals surface area contributed by atoms with Crippen LogP contribution >= 0.6 is 34.7 Å². The molecule has 120 valence electrons. The Morgan fingerprint density at radius 3 is 2.87 bits per heavy atom. The number of thiophene rings is 1. The molecule has 0 amide bonds. The van der Waals surface area contributed by atoms with Crippen molar-refractivity contribution in [2.75, 3.05) is 0 Å². The van der Waals surface area contributed by atoms with Crippen LogP contribution in [0.1, 0.15) is 18.9 Å². The van der Waals surface area contributed by atoms with Gasteiger partial charge in [0.25, 0.3) is 0 Å². The molecule has 3 rings (SSSR count). The van der Waals surface area contributed by atoms with Crippen LogP contribution in [-0.2, 0) is 12.3 Å². The normalized spacial score (nSPS) is 11.1. The number of aromatic nitrogens is 3. The van der Waals surface area contributed by atoms with E-state index in [1.54, 1.807) is 29.2 Å². The first-order valence-corrected chi connectivity index (χ1v) is 9.47. The predicted molar refractivity (Wildman–Crippen MR) is 94.6 cm³/mol. The average molecular weight is 368 g/mol. The third-order valence-corrected chi connectivity index (χ3v) is 5.51. The maximum absolute atomic E-state index is 13.1. The number of nitrogens with zero attached hydrogens (tertiary/aromatic N) is 3. The first-order chi connectivity index (χ1) is 11.2. The van der Waals surface area contributed by atoms with Crippen molar-refractivity contribution in [3.8, 4) is 10.7 Å². The van der Waals surface area contributed by atoms with Crippen LogP contribution < -0.4 is 0 Å². The van der Waals surface area contributed by atoms with Gasteiger partial charge >= 0.3 is 0 Å². The van der Waals surface area contributed by atoms with E-state index in [2.05, 4.69) is 21.7 Å². The molecule has 0 radical (unpaired) electrons. The number of benzene rings is 1. The van der Waals surface area contributed by atoms with Crippen LogP contribution in [0.25, 0.3) is 10.7 Å². The van der Waals surface area contributed by atoms with E-state index in [-0.39, 0.29) is 5.82 Å². The van der Waals surface area contributed by atoms with E-state index in [9.17, 15) is 4.39 Å². The predicted octanol–water partition coefficient (Wildman–Crippen LogP) is 5.50. The van der Waals surface area contributed by atoms with Crippen molar-refractivity contribution in [3.63, 3.8) is 0 Å². The second kappa shape index (κ2) is 7.47. The fraction of sp³-hybridized carbons (Fsp3) is 0.250. The van der Waals surface area contributed by atoms with Crippen LogP contribution in [0, 0.1) is 5.82 Å². The van der Waals surface area contributed by atoms with Crippen LogP contribution in [0.2, 0.25) is 5.02 Å². The lowest BCUT2D eigenvalue weighted by Gasteiger charge is -2.08. The zero-order valence-corrected chi connectivity index (χ0v) is 14.9. The van der Waals surface area contributed by atoms with Gasteiger partial charge in [0.2, 0.25) is 0 Å². The van der Waals surface area contributed by atoms with Gasteiger partial charge < -0.3 is 4.57 Å². The second-order valence-corrected chi connectivity index (χ2v) is 7.26. The first kappa shape index (κ1) is 16.5. The standard InChI is InChI=1S/C16H15ClFN3S2/c1-2-7-21-15(14-4-3-8-22-14)19-20-16(21)23-10-11-5-6-12(18)9-13(11)17/h3-6,8-9H,2,7,10H2,1H3. The van der Waals surface area contributed by atoms with Crippen molar-refractivity contribution in [3.05, 3.63) is 52.1 Å². The van der Waals surface area contributed by atoms with Crippen LogP contribution in [0.3, 0.4) is 0 Å². The molecule has 0 bridgehead atoms. The van der Waals surface area contributed by atoms with Gasteiger partial charge in [0.15, 0.2) is 11.0 Å². The summed E-state index contributed by atoms with van der Waals surface area (Å²) in [5.41, 5.74) is 0.891. The molecule has 0 aliphatic carbocycles. The summed E-state index contributed by atoms with van der Waals surface area (Å²) in [6.45, 7) is 2.99. The van der Waals surface area contributed by atoms with E-state index in [0.717, 1.165) is 34.4 Å². The van der Waals surface area contributed by atoms with Gasteiger partial charge in [0.05, 0.1) is 4.88 Å². The Hall–Kier alpha value is -1.37. The Bertz CT molecular complexity index is 787. The molecule has 0 atom stereocenters. The zero-order chi connectivity index (χ0) is 16.2. The molecule has 0 N–H and O–H groups in total. The smallest absolute Gasteiger partial charge is 0.191 e. The van der Waals surface area contributed by atoms with E-state index >= 15 is 0 Å². The minimum atomic E-state index is -0.321. The first-order valence-electron chi connectivity index (χ1n) is 7.23. The van der Waals surface area contributed by atoms with Gasteiger partial charge in [0.1, 0.15) is 5.82 Å². The molecule has 0 unspecified atom stereocenters. The van der Waals surface area contributed by atoms with Crippen molar-refractivity contribution in [1.82, 2.24) is 14.8 Å². The lowest BCUT2D eigenvalue weighted by Crippen LogP contribution is -2.01. The fourth-order valence-electron chi connectivity index (χ4n) is 2.19. The highest BCUT2D eigenvalue weighted by atomic mass is 35.5. The minimum Gasteiger partial charge on any atom is -0.301 e. The van der Waals surface area contributed by atoms with E-state index in [4.69, 9.17) is 11.6 Å². The zero-order valence-electron chi connectivity index (χ0n) is 12.5. The van der Waals surface area contributed by atoms with Crippen molar-refractivity contribution in [1.29, 1.82) is 0 Å². The minimum absolute atomic E-state index is 0.321. The molecule has 3 aromatic rings. The summed E-state index contributed by atoms with van der Waals surface area (Å²) in [5, 5.41) is 12.0. The van der Waals surface area contributed by atoms with Gasteiger partial charge in [-0.15, -0.1) is 21.5 Å². The Balaban J connectivity index is 1.82. The summed E-state index contributed by atoms with van der Waals surface area (Å²) in [7, 11) is 0. The number of hydrogen-bond donors (Lipinski definition) is 0. The van der Waals surface area contributed by atoms with Crippen molar-refractivity contribution < 1.29 is 4.39 Å². The third kappa shape index (κ3) is 3.76. The number of rotatable bonds is 6. The molecule has 23 heavy (non-hydrogen) atoms. The molecule has 0 saturated carbocycles. The summed E-state index contributed by atoms with van der Waals surface area (Å²) in [4.78, 5) is 1.11. The molecule has 2 heterocycles. The Morgan fingerprint density at radius 1 is 1.30 bits per heavy atom. The quantitative estimate of drug-likeness (QED) is 0.539. The van der Waals surface area contributed by atoms with Crippen molar-refractivity contribution >= 4 is 34.7 Å². The third-order valence-electron chi connectivity index (χ3n) is 3.28. The molecule has 0 aliphatic rings. The molecular formula is C16H15ClFN3S2. The molecule has 0 aliphatic heterocycles.